The van der Waals surface area contributed by atoms with Crippen LogP contribution in [0.1, 0.15) is 32.1 Å². The summed E-state index contributed by atoms with van der Waals surface area (Å²) in [6.07, 6.45) is 4.98. The first-order valence-corrected chi connectivity index (χ1v) is 10.4. The van der Waals surface area contributed by atoms with Gasteiger partial charge in [-0.3, -0.25) is 4.79 Å². The lowest BCUT2D eigenvalue weighted by Crippen LogP contribution is -3.26. The molecule has 7 nitrogen and oxygen atoms in total. The van der Waals surface area contributed by atoms with Crippen LogP contribution in [0.2, 0.25) is 0 Å². The number of para-hydroxylation sites is 1. The maximum absolute atomic E-state index is 12.3. The van der Waals surface area contributed by atoms with Crippen molar-refractivity contribution in [2.45, 2.75) is 43.7 Å². The number of quaternary nitrogens is 2. The highest BCUT2D eigenvalue weighted by molar-refractivity contribution is 5.83. The van der Waals surface area contributed by atoms with E-state index in [4.69, 9.17) is 5.73 Å². The number of rotatable bonds is 7. The van der Waals surface area contributed by atoms with Crippen LogP contribution in [-0.4, -0.2) is 74.4 Å². The number of benzene rings is 1. The molecular weight excluding hydrogens is 392 g/mol. The molecule has 0 spiro atoms. The van der Waals surface area contributed by atoms with Gasteiger partial charge in [0.05, 0.1) is 39.0 Å². The van der Waals surface area contributed by atoms with E-state index < -0.39 is 0 Å². The zero-order chi connectivity index (χ0) is 19.3. The standard InChI is InChI=1S/C21H34N4O2.ClH.H2O/c1-23(18-8-4-2-5-9-18)16-19(26)17-24-14-10-21(11-15-24,20(22)27)25-12-6-3-7-13-25;;/h2,4-5,8-9,19,26H,3,6-7,10-17H2,1H3,(H2,22,27);1H;1H2/p+1. The van der Waals surface area contributed by atoms with Gasteiger partial charge in [0.25, 0.3) is 5.91 Å². The number of nitrogens with two attached hydrogens (primary N) is 1. The number of hydrogen-bond donors (Lipinski definition) is 4. The average Bonchev–Trinajstić information content (AvgIpc) is 2.69. The van der Waals surface area contributed by atoms with Crippen molar-refractivity contribution in [3.8, 4) is 0 Å². The van der Waals surface area contributed by atoms with Gasteiger partial charge < -0.3 is 43.4 Å². The average molecular weight is 430 g/mol. The number of likely N-dealkylation sites (N-methyl/N-ethyl adjacent to an activating group) is 1. The van der Waals surface area contributed by atoms with Crippen LogP contribution >= 0.6 is 0 Å². The first kappa shape index (κ1) is 25.7. The van der Waals surface area contributed by atoms with Crippen LogP contribution in [0, 0.1) is 0 Å². The fourth-order valence-corrected chi connectivity index (χ4v) is 4.97. The van der Waals surface area contributed by atoms with Gasteiger partial charge in [-0.25, -0.2) is 0 Å². The monoisotopic (exact) mass is 429 g/mol. The third kappa shape index (κ3) is 6.30. The molecule has 0 aromatic heterocycles. The minimum Gasteiger partial charge on any atom is -1.00 e. The normalized spacial score (nSPS) is 25.9. The molecular formula is C21H38ClN4O3+. The fourth-order valence-electron chi connectivity index (χ4n) is 4.97. The van der Waals surface area contributed by atoms with Crippen molar-refractivity contribution in [3.63, 3.8) is 0 Å². The Kier molecular flexibility index (Phi) is 10.4. The molecule has 2 fully saturated rings. The Labute approximate surface area is 180 Å². The van der Waals surface area contributed by atoms with Crippen LogP contribution in [0.4, 0.5) is 5.69 Å². The number of likely N-dealkylation sites (tertiary alicyclic amines) is 2. The topological polar surface area (TPSA) is 107 Å². The van der Waals surface area contributed by atoms with E-state index in [9.17, 15) is 9.90 Å². The lowest BCUT2D eigenvalue weighted by molar-refractivity contribution is -0.974. The summed E-state index contributed by atoms with van der Waals surface area (Å²) in [4.78, 5) is 17.2. The number of nitrogens with one attached hydrogen (secondary N) is 2. The highest BCUT2D eigenvalue weighted by atomic mass is 35.5. The van der Waals surface area contributed by atoms with Crippen LogP contribution in [-0.2, 0) is 4.79 Å². The number of aliphatic hydroxyl groups excluding tert-OH is 1. The van der Waals surface area contributed by atoms with E-state index in [-0.39, 0.29) is 35.4 Å². The minimum atomic E-state index is -0.381. The summed E-state index contributed by atoms with van der Waals surface area (Å²) in [5, 5.41) is 10.6. The number of hydrogen-bond acceptors (Lipinski definition) is 3. The van der Waals surface area contributed by atoms with Crippen LogP contribution in [0.3, 0.4) is 0 Å². The molecule has 0 bridgehead atoms. The lowest BCUT2D eigenvalue weighted by Gasteiger charge is -2.44. The Morgan fingerprint density at radius 3 is 2.28 bits per heavy atom. The molecule has 2 heterocycles. The molecule has 1 atom stereocenters. The summed E-state index contributed by atoms with van der Waals surface area (Å²) in [6, 6.07) is 10.1. The predicted molar refractivity (Wildman–Crippen MR) is 111 cm³/mol. The Hall–Kier alpha value is -1.38. The molecule has 1 aromatic rings. The summed E-state index contributed by atoms with van der Waals surface area (Å²) in [6.45, 7) is 5.32. The van der Waals surface area contributed by atoms with Crippen molar-refractivity contribution in [3.05, 3.63) is 30.3 Å². The molecule has 29 heavy (non-hydrogen) atoms. The van der Waals surface area contributed by atoms with Crippen molar-refractivity contribution in [2.75, 3.05) is 51.2 Å². The van der Waals surface area contributed by atoms with E-state index in [0.717, 1.165) is 51.3 Å². The maximum atomic E-state index is 12.3. The van der Waals surface area contributed by atoms with Gasteiger partial charge in [0, 0.05) is 19.3 Å². The number of anilines is 1. The SMILES string of the molecule is CN(CC(O)C[NH+]1CCC(C(N)=O)([NH+]2CCCCC2)CC1)c1ccccc1.O.[Cl-]. The Bertz CT molecular complexity index is 605. The summed E-state index contributed by atoms with van der Waals surface area (Å²) in [7, 11) is 2.02. The van der Waals surface area contributed by atoms with E-state index in [1.807, 2.05) is 25.2 Å². The molecule has 3 rings (SSSR count). The molecule has 2 aliphatic heterocycles. The second-order valence-corrected chi connectivity index (χ2v) is 8.43. The number of piperidine rings is 2. The lowest BCUT2D eigenvalue weighted by atomic mass is 9.83. The largest absolute Gasteiger partial charge is 1.00 e. The molecule has 1 unspecified atom stereocenters. The summed E-state index contributed by atoms with van der Waals surface area (Å²) >= 11 is 0. The van der Waals surface area contributed by atoms with Crippen LogP contribution in [0.15, 0.2) is 30.3 Å². The van der Waals surface area contributed by atoms with Crippen LogP contribution in [0.25, 0.3) is 0 Å². The van der Waals surface area contributed by atoms with Gasteiger partial charge in [0.2, 0.25) is 0 Å². The van der Waals surface area contributed by atoms with Gasteiger partial charge in [-0.05, 0) is 31.4 Å². The molecule has 2 aliphatic rings. The first-order valence-electron chi connectivity index (χ1n) is 10.4. The molecule has 2 saturated heterocycles. The summed E-state index contributed by atoms with van der Waals surface area (Å²) in [5.41, 5.74) is 6.62. The second kappa shape index (κ2) is 11.7. The van der Waals surface area contributed by atoms with Crippen molar-refractivity contribution < 1.29 is 37.6 Å². The number of primary amides is 1. The number of carbonyl (C=O) groups excluding carboxylic acids is 1. The fraction of sp³-hybridized carbons (Fsp3) is 0.667. The number of aliphatic hydroxyl groups is 1. The molecule has 1 amide bonds. The van der Waals surface area contributed by atoms with Gasteiger partial charge in [-0.15, -0.1) is 0 Å². The predicted octanol–water partition coefficient (Wildman–Crippen LogP) is -5.37. The number of halogens is 1. The van der Waals surface area contributed by atoms with Crippen molar-refractivity contribution in [1.82, 2.24) is 0 Å². The quantitative estimate of drug-likeness (QED) is 0.347. The first-order chi connectivity index (χ1) is 13.0. The van der Waals surface area contributed by atoms with E-state index in [1.54, 1.807) is 0 Å². The maximum Gasteiger partial charge on any atom is 0.279 e. The zero-order valence-electron chi connectivity index (χ0n) is 17.5. The summed E-state index contributed by atoms with van der Waals surface area (Å²) < 4.78 is 0. The van der Waals surface area contributed by atoms with Crippen molar-refractivity contribution in [2.24, 2.45) is 5.73 Å². The highest BCUT2D eigenvalue weighted by Crippen LogP contribution is 2.15. The van der Waals surface area contributed by atoms with E-state index in [2.05, 4.69) is 17.0 Å². The summed E-state index contributed by atoms with van der Waals surface area (Å²) in [5.74, 6) is -0.122. The third-order valence-corrected chi connectivity index (χ3v) is 6.62. The number of amides is 1. The molecule has 0 saturated carbocycles. The van der Waals surface area contributed by atoms with Crippen LogP contribution in [0.5, 0.6) is 0 Å². The van der Waals surface area contributed by atoms with E-state index in [0.29, 0.717) is 6.54 Å². The van der Waals surface area contributed by atoms with Gasteiger partial charge in [0.1, 0.15) is 12.6 Å². The second-order valence-electron chi connectivity index (χ2n) is 8.43. The number of carbonyl (C=O) groups is 1. The Balaban J connectivity index is 0.00000210. The van der Waals surface area contributed by atoms with E-state index in [1.165, 1.54) is 29.1 Å². The number of nitrogens with zero attached hydrogens (tertiary/aromatic N) is 1. The van der Waals surface area contributed by atoms with E-state index >= 15 is 0 Å². The Morgan fingerprint density at radius 1 is 1.14 bits per heavy atom. The zero-order valence-corrected chi connectivity index (χ0v) is 18.3. The van der Waals surface area contributed by atoms with Gasteiger partial charge in [-0.1, -0.05) is 18.2 Å². The van der Waals surface area contributed by atoms with Crippen LogP contribution < -0.4 is 32.8 Å². The molecule has 8 heteroatoms. The van der Waals surface area contributed by atoms with Gasteiger partial charge >= 0.3 is 0 Å². The smallest absolute Gasteiger partial charge is 0.279 e. The minimum absolute atomic E-state index is 0. The van der Waals surface area contributed by atoms with Gasteiger partial charge in [0.15, 0.2) is 5.54 Å². The Morgan fingerprint density at radius 2 is 1.72 bits per heavy atom. The molecule has 0 aliphatic carbocycles. The third-order valence-electron chi connectivity index (χ3n) is 6.62. The van der Waals surface area contributed by atoms with Gasteiger partial charge in [-0.2, -0.15) is 0 Å². The van der Waals surface area contributed by atoms with Crippen molar-refractivity contribution in [1.29, 1.82) is 0 Å². The molecule has 0 radical (unpaired) electrons. The molecule has 7 N–H and O–H groups in total. The van der Waals surface area contributed by atoms with Crippen molar-refractivity contribution >= 4 is 11.6 Å². The molecule has 1 aromatic carbocycles. The highest BCUT2D eigenvalue weighted by Gasteiger charge is 2.50. The molecule has 166 valence electrons.